The second-order valence-corrected chi connectivity index (χ2v) is 9.55. The fourth-order valence-electron chi connectivity index (χ4n) is 3.56. The SMILES string of the molecule is Cc1ccc(Sc2ccc(/C=C3\SC(=O)N(Cc4cccc5ccccc45)C3=O)o2)cc1. The minimum atomic E-state index is -0.294. The van der Waals surface area contributed by atoms with Crippen LogP contribution in [0.2, 0.25) is 0 Å². The van der Waals surface area contributed by atoms with Gasteiger partial charge in [0.05, 0.1) is 11.4 Å². The number of imide groups is 1. The highest BCUT2D eigenvalue weighted by Gasteiger charge is 2.35. The Morgan fingerprint density at radius 2 is 1.72 bits per heavy atom. The summed E-state index contributed by atoms with van der Waals surface area (Å²) in [5, 5.41) is 2.59. The quantitative estimate of drug-likeness (QED) is 0.298. The van der Waals surface area contributed by atoms with Crippen LogP contribution in [0.4, 0.5) is 4.79 Å². The van der Waals surface area contributed by atoms with E-state index in [2.05, 4.69) is 12.1 Å². The van der Waals surface area contributed by atoms with Crippen molar-refractivity contribution in [3.63, 3.8) is 0 Å². The molecule has 4 aromatic rings. The van der Waals surface area contributed by atoms with E-state index in [9.17, 15) is 9.59 Å². The molecule has 0 atom stereocenters. The van der Waals surface area contributed by atoms with Gasteiger partial charge < -0.3 is 4.42 Å². The number of carbonyl (C=O) groups excluding carboxylic acids is 2. The zero-order valence-electron chi connectivity index (χ0n) is 17.3. The molecule has 6 heteroatoms. The number of carbonyl (C=O) groups is 2. The van der Waals surface area contributed by atoms with Crippen LogP contribution in [0, 0.1) is 6.92 Å². The van der Waals surface area contributed by atoms with Gasteiger partial charge in [0.15, 0.2) is 5.09 Å². The first kappa shape index (κ1) is 20.7. The number of rotatable bonds is 5. The molecule has 0 spiro atoms. The lowest BCUT2D eigenvalue weighted by Gasteiger charge is -2.14. The van der Waals surface area contributed by atoms with E-state index in [0.717, 1.165) is 38.1 Å². The van der Waals surface area contributed by atoms with E-state index < -0.39 is 0 Å². The number of furan rings is 1. The van der Waals surface area contributed by atoms with Crippen LogP contribution in [0.15, 0.2) is 98.2 Å². The maximum Gasteiger partial charge on any atom is 0.293 e. The molecule has 158 valence electrons. The summed E-state index contributed by atoms with van der Waals surface area (Å²) in [4.78, 5) is 28.3. The molecule has 0 saturated carbocycles. The van der Waals surface area contributed by atoms with E-state index >= 15 is 0 Å². The van der Waals surface area contributed by atoms with Gasteiger partial charge in [-0.15, -0.1) is 0 Å². The molecule has 32 heavy (non-hydrogen) atoms. The molecule has 0 radical (unpaired) electrons. The van der Waals surface area contributed by atoms with E-state index in [1.807, 2.05) is 73.7 Å². The predicted molar refractivity (Wildman–Crippen MR) is 129 cm³/mol. The minimum absolute atomic E-state index is 0.246. The molecule has 2 heterocycles. The third-order valence-corrected chi connectivity index (χ3v) is 7.03. The highest BCUT2D eigenvalue weighted by Crippen LogP contribution is 2.36. The fraction of sp³-hybridized carbons (Fsp3) is 0.0769. The smallest absolute Gasteiger partial charge is 0.293 e. The summed E-state index contributed by atoms with van der Waals surface area (Å²) >= 11 is 2.46. The van der Waals surface area contributed by atoms with Gasteiger partial charge in [0.1, 0.15) is 5.76 Å². The van der Waals surface area contributed by atoms with Gasteiger partial charge >= 0.3 is 0 Å². The Kier molecular flexibility index (Phi) is 5.64. The van der Waals surface area contributed by atoms with Crippen molar-refractivity contribution < 1.29 is 14.0 Å². The van der Waals surface area contributed by atoms with Gasteiger partial charge in [-0.3, -0.25) is 14.5 Å². The average molecular weight is 458 g/mol. The molecule has 1 aliphatic heterocycles. The largest absolute Gasteiger partial charge is 0.450 e. The van der Waals surface area contributed by atoms with Crippen LogP contribution in [0.25, 0.3) is 16.8 Å². The number of nitrogens with zero attached hydrogens (tertiary/aromatic N) is 1. The fourth-order valence-corrected chi connectivity index (χ4v) is 5.15. The van der Waals surface area contributed by atoms with Gasteiger partial charge in [-0.1, -0.05) is 71.9 Å². The molecule has 5 rings (SSSR count). The van der Waals surface area contributed by atoms with Crippen LogP contribution >= 0.6 is 23.5 Å². The summed E-state index contributed by atoms with van der Waals surface area (Å²) in [6.07, 6.45) is 1.65. The van der Waals surface area contributed by atoms with Crippen LogP contribution in [0.5, 0.6) is 0 Å². The molecular formula is C26H19NO3S2. The summed E-state index contributed by atoms with van der Waals surface area (Å²) in [5.74, 6) is 0.257. The van der Waals surface area contributed by atoms with Gasteiger partial charge in [-0.25, -0.2) is 0 Å². The van der Waals surface area contributed by atoms with E-state index in [4.69, 9.17) is 4.42 Å². The zero-order valence-corrected chi connectivity index (χ0v) is 18.9. The van der Waals surface area contributed by atoms with Crippen molar-refractivity contribution in [2.75, 3.05) is 0 Å². The number of hydrogen-bond acceptors (Lipinski definition) is 5. The molecule has 1 aliphatic rings. The zero-order chi connectivity index (χ0) is 22.1. The Labute approximate surface area is 194 Å². The number of aryl methyl sites for hydroxylation is 1. The Morgan fingerprint density at radius 3 is 2.56 bits per heavy atom. The molecule has 2 amide bonds. The third-order valence-electron chi connectivity index (χ3n) is 5.20. The molecule has 0 aliphatic carbocycles. The van der Waals surface area contributed by atoms with Gasteiger partial charge in [-0.05, 0) is 59.3 Å². The maximum atomic E-state index is 13.0. The van der Waals surface area contributed by atoms with E-state index in [-0.39, 0.29) is 17.7 Å². The van der Waals surface area contributed by atoms with Gasteiger partial charge in [0.25, 0.3) is 11.1 Å². The summed E-state index contributed by atoms with van der Waals surface area (Å²) < 4.78 is 5.87. The topological polar surface area (TPSA) is 50.5 Å². The lowest BCUT2D eigenvalue weighted by atomic mass is 10.0. The van der Waals surface area contributed by atoms with Gasteiger partial charge in [0.2, 0.25) is 0 Å². The highest BCUT2D eigenvalue weighted by atomic mass is 32.2. The van der Waals surface area contributed by atoms with Crippen molar-refractivity contribution >= 4 is 51.5 Å². The lowest BCUT2D eigenvalue weighted by molar-refractivity contribution is -0.123. The van der Waals surface area contributed by atoms with Gasteiger partial charge in [-0.2, -0.15) is 0 Å². The van der Waals surface area contributed by atoms with Crippen molar-refractivity contribution in [3.05, 3.63) is 101 Å². The molecule has 1 fully saturated rings. The van der Waals surface area contributed by atoms with Crippen LogP contribution in [0.1, 0.15) is 16.9 Å². The molecule has 0 bridgehead atoms. The average Bonchev–Trinajstić information content (AvgIpc) is 3.35. The summed E-state index contributed by atoms with van der Waals surface area (Å²) in [6.45, 7) is 2.29. The first-order valence-electron chi connectivity index (χ1n) is 10.1. The van der Waals surface area contributed by atoms with Crippen molar-refractivity contribution in [3.8, 4) is 0 Å². The molecule has 0 N–H and O–H groups in total. The first-order valence-corrected chi connectivity index (χ1v) is 11.8. The second kappa shape index (κ2) is 8.73. The van der Waals surface area contributed by atoms with Crippen molar-refractivity contribution in [1.29, 1.82) is 0 Å². The van der Waals surface area contributed by atoms with Gasteiger partial charge in [0, 0.05) is 11.0 Å². The Hall–Kier alpha value is -3.22. The molecular weight excluding hydrogens is 438 g/mol. The van der Waals surface area contributed by atoms with Crippen molar-refractivity contribution in [1.82, 2.24) is 4.90 Å². The molecule has 3 aromatic carbocycles. The Morgan fingerprint density at radius 1 is 0.938 bits per heavy atom. The lowest BCUT2D eigenvalue weighted by Crippen LogP contribution is -2.27. The normalized spacial score (nSPS) is 15.3. The molecule has 1 aromatic heterocycles. The molecule has 1 saturated heterocycles. The molecule has 4 nitrogen and oxygen atoms in total. The maximum absolute atomic E-state index is 13.0. The monoisotopic (exact) mass is 457 g/mol. The Balaban J connectivity index is 1.33. The van der Waals surface area contributed by atoms with Crippen LogP contribution in [0.3, 0.4) is 0 Å². The van der Waals surface area contributed by atoms with Crippen LogP contribution < -0.4 is 0 Å². The summed E-state index contributed by atoms with van der Waals surface area (Å²) in [7, 11) is 0. The van der Waals surface area contributed by atoms with Crippen LogP contribution in [-0.2, 0) is 11.3 Å². The Bertz CT molecular complexity index is 1350. The number of thioether (sulfide) groups is 1. The second-order valence-electron chi connectivity index (χ2n) is 7.48. The van der Waals surface area contributed by atoms with E-state index in [1.165, 1.54) is 22.2 Å². The van der Waals surface area contributed by atoms with Crippen LogP contribution in [-0.4, -0.2) is 16.0 Å². The highest BCUT2D eigenvalue weighted by molar-refractivity contribution is 8.18. The minimum Gasteiger partial charge on any atom is -0.450 e. The van der Waals surface area contributed by atoms with E-state index in [1.54, 1.807) is 6.08 Å². The van der Waals surface area contributed by atoms with Crippen molar-refractivity contribution in [2.45, 2.75) is 23.5 Å². The number of hydrogen-bond donors (Lipinski definition) is 0. The van der Waals surface area contributed by atoms with E-state index in [0.29, 0.717) is 10.7 Å². The third kappa shape index (κ3) is 4.24. The number of amides is 2. The molecule has 0 unspecified atom stereocenters. The predicted octanol–water partition coefficient (Wildman–Crippen LogP) is 7.13. The van der Waals surface area contributed by atoms with Crippen molar-refractivity contribution in [2.24, 2.45) is 0 Å². The summed E-state index contributed by atoms with van der Waals surface area (Å²) in [5.41, 5.74) is 2.15. The summed E-state index contributed by atoms with van der Waals surface area (Å²) in [6, 6.07) is 25.8. The number of fused-ring (bicyclic) bond motifs is 1. The first-order chi connectivity index (χ1) is 15.6. The number of benzene rings is 3. The standard InChI is InChI=1S/C26H19NO3S2/c1-17-9-12-21(13-10-17)31-24-14-11-20(30-24)15-23-25(28)27(26(29)32-23)16-19-7-4-6-18-5-2-3-8-22(18)19/h2-15H,16H2,1H3/b23-15-.